The molecule has 0 bridgehead atoms. The van der Waals surface area contributed by atoms with Crippen LogP contribution in [0.4, 0.5) is 0 Å². The van der Waals surface area contributed by atoms with Gasteiger partial charge in [-0.1, -0.05) is 105 Å². The third kappa shape index (κ3) is 3.11. The van der Waals surface area contributed by atoms with Gasteiger partial charge in [-0.2, -0.15) is 0 Å². The minimum absolute atomic E-state index is 0.0501. The van der Waals surface area contributed by atoms with Crippen LogP contribution in [0.2, 0.25) is 0 Å². The van der Waals surface area contributed by atoms with Crippen LogP contribution < -0.4 is 0 Å². The van der Waals surface area contributed by atoms with Gasteiger partial charge in [0.15, 0.2) is 0 Å². The molecule has 0 amide bonds. The van der Waals surface area contributed by atoms with E-state index in [2.05, 4.69) is 152 Å². The van der Waals surface area contributed by atoms with Gasteiger partial charge in [-0.3, -0.25) is 0 Å². The van der Waals surface area contributed by atoms with Crippen molar-refractivity contribution in [3.05, 3.63) is 139 Å². The largest absolute Gasteiger partial charge is 0.309 e. The summed E-state index contributed by atoms with van der Waals surface area (Å²) in [4.78, 5) is 2.98. The number of benzene rings is 6. The highest BCUT2D eigenvalue weighted by Crippen LogP contribution is 2.60. The Morgan fingerprint density at radius 3 is 2.07 bits per heavy atom. The molecule has 6 aromatic carbocycles. The molecule has 0 saturated heterocycles. The van der Waals surface area contributed by atoms with Gasteiger partial charge in [-0.25, -0.2) is 10.9 Å². The van der Waals surface area contributed by atoms with Crippen LogP contribution in [0.25, 0.3) is 60.9 Å². The summed E-state index contributed by atoms with van der Waals surface area (Å²) < 4.78 is 2.52. The molecule has 0 spiro atoms. The number of nitrogens with zero attached hydrogens (tertiary/aromatic N) is 1. The molecule has 2 heteroatoms. The minimum atomic E-state index is -0.433. The number of aromatic nitrogens is 1. The lowest BCUT2D eigenvalue weighted by Crippen LogP contribution is -2.15. The lowest BCUT2D eigenvalue weighted by atomic mass is 9.82. The number of hydrogen-bond donors (Lipinski definition) is 1. The molecule has 202 valence electrons. The van der Waals surface area contributed by atoms with Gasteiger partial charge >= 0.3 is 0 Å². The van der Waals surface area contributed by atoms with Crippen molar-refractivity contribution in [2.75, 3.05) is 6.26 Å². The van der Waals surface area contributed by atoms with Crippen LogP contribution >= 0.6 is 10.9 Å². The van der Waals surface area contributed by atoms with Crippen LogP contribution in [0.3, 0.4) is 0 Å². The van der Waals surface area contributed by atoms with Gasteiger partial charge in [0.05, 0.1) is 11.0 Å². The van der Waals surface area contributed by atoms with Crippen molar-refractivity contribution in [1.29, 1.82) is 0 Å². The van der Waals surface area contributed by atoms with Gasteiger partial charge in [0, 0.05) is 26.8 Å². The quantitative estimate of drug-likeness (QED) is 0.202. The van der Waals surface area contributed by atoms with Crippen LogP contribution in [0.5, 0.6) is 0 Å². The van der Waals surface area contributed by atoms with Crippen LogP contribution in [0.1, 0.15) is 25.0 Å². The molecular weight excluding hydrogens is 527 g/mol. The molecule has 2 heterocycles. The maximum Gasteiger partial charge on any atom is 0.0544 e. The summed E-state index contributed by atoms with van der Waals surface area (Å²) in [6, 6.07) is 47.8. The van der Waals surface area contributed by atoms with Crippen LogP contribution in [0.15, 0.2) is 137 Å². The first-order valence-corrected chi connectivity index (χ1v) is 16.6. The van der Waals surface area contributed by atoms with Crippen molar-refractivity contribution in [2.45, 2.75) is 29.1 Å². The second kappa shape index (κ2) is 8.50. The molecule has 7 aromatic rings. The van der Waals surface area contributed by atoms with Gasteiger partial charge in [0.1, 0.15) is 0 Å². The molecule has 0 saturated carbocycles. The first-order valence-electron chi connectivity index (χ1n) is 14.8. The van der Waals surface area contributed by atoms with Crippen molar-refractivity contribution in [3.63, 3.8) is 0 Å². The standard InChI is InChI=1S/C40H31NS/c1-40(2)34-18-10-7-15-27(34)31-23-32-28-16-8-11-19-36(28)41(37(32)24-35(31)40)26-21-30(25-13-5-4-6-14-25)39-33(22-26)29-17-9-12-20-38(29)42(39)3/h4-24,42H,1-3H3. The fraction of sp³-hybridized carbons (Fsp3) is 0.100. The highest BCUT2D eigenvalue weighted by Gasteiger charge is 2.36. The summed E-state index contributed by atoms with van der Waals surface area (Å²) in [6.45, 7) is 4.75. The molecule has 2 aliphatic rings. The molecule has 1 aliphatic carbocycles. The topological polar surface area (TPSA) is 4.93 Å². The Balaban J connectivity index is 1.40. The summed E-state index contributed by atoms with van der Waals surface area (Å²) in [7, 11) is -0.433. The minimum Gasteiger partial charge on any atom is -0.309 e. The Bertz CT molecular complexity index is 2230. The van der Waals surface area contributed by atoms with Crippen LogP contribution in [-0.2, 0) is 5.41 Å². The lowest BCUT2D eigenvalue weighted by molar-refractivity contribution is 0.661. The molecule has 1 aliphatic heterocycles. The van der Waals surface area contributed by atoms with E-state index in [0.717, 1.165) is 0 Å². The average molecular weight is 558 g/mol. The number of para-hydroxylation sites is 1. The molecule has 1 atom stereocenters. The summed E-state index contributed by atoms with van der Waals surface area (Å²) >= 11 is 0. The van der Waals surface area contributed by atoms with E-state index in [9.17, 15) is 0 Å². The van der Waals surface area contributed by atoms with Gasteiger partial charge in [-0.15, -0.1) is 0 Å². The van der Waals surface area contributed by atoms with Gasteiger partial charge in [0.2, 0.25) is 0 Å². The number of hydrogen-bond acceptors (Lipinski definition) is 0. The van der Waals surface area contributed by atoms with E-state index in [-0.39, 0.29) is 5.41 Å². The smallest absolute Gasteiger partial charge is 0.0544 e. The molecule has 0 fully saturated rings. The monoisotopic (exact) mass is 557 g/mol. The first kappa shape index (κ1) is 24.1. The lowest BCUT2D eigenvalue weighted by Gasteiger charge is -2.22. The van der Waals surface area contributed by atoms with E-state index >= 15 is 0 Å². The fourth-order valence-corrected chi connectivity index (χ4v) is 9.92. The molecule has 1 aromatic heterocycles. The molecule has 1 unspecified atom stereocenters. The highest BCUT2D eigenvalue weighted by atomic mass is 32.2. The Kier molecular flexibility index (Phi) is 4.88. The molecule has 0 radical (unpaired) electrons. The van der Waals surface area contributed by atoms with E-state index in [1.165, 1.54) is 81.8 Å². The number of rotatable bonds is 2. The Morgan fingerprint density at radius 1 is 0.524 bits per heavy atom. The van der Waals surface area contributed by atoms with E-state index in [1.807, 2.05) is 0 Å². The second-order valence-electron chi connectivity index (χ2n) is 12.3. The normalized spacial score (nSPS) is 16.8. The van der Waals surface area contributed by atoms with Gasteiger partial charge in [0.25, 0.3) is 0 Å². The highest BCUT2D eigenvalue weighted by molar-refractivity contribution is 8.17. The SMILES string of the molecule is C[SH]1c2ccccc2-c2cc(-n3c4ccccc4c4cc5c(cc43)C(C)(C)c3ccccc3-5)cc(-c3ccccc3)c21. The zero-order valence-corrected chi connectivity index (χ0v) is 24.9. The third-order valence-corrected chi connectivity index (χ3v) is 12.0. The maximum absolute atomic E-state index is 2.52. The molecular formula is C40H31NS. The van der Waals surface area contributed by atoms with E-state index < -0.39 is 10.9 Å². The van der Waals surface area contributed by atoms with Crippen molar-refractivity contribution < 1.29 is 0 Å². The third-order valence-electron chi connectivity index (χ3n) is 9.70. The summed E-state index contributed by atoms with van der Waals surface area (Å²) in [5, 5.41) is 2.62. The van der Waals surface area contributed by atoms with Crippen LogP contribution in [0, 0.1) is 0 Å². The summed E-state index contributed by atoms with van der Waals surface area (Å²) in [6.07, 6.45) is 2.43. The Hall–Kier alpha value is -4.53. The zero-order valence-electron chi connectivity index (χ0n) is 24.0. The van der Waals surface area contributed by atoms with E-state index in [0.29, 0.717) is 0 Å². The van der Waals surface area contributed by atoms with Crippen molar-refractivity contribution in [1.82, 2.24) is 4.57 Å². The predicted molar refractivity (Wildman–Crippen MR) is 181 cm³/mol. The first-order chi connectivity index (χ1) is 20.5. The fourth-order valence-electron chi connectivity index (χ4n) is 7.71. The van der Waals surface area contributed by atoms with E-state index in [1.54, 1.807) is 0 Å². The van der Waals surface area contributed by atoms with Crippen LogP contribution in [-0.4, -0.2) is 10.8 Å². The zero-order chi connectivity index (χ0) is 28.2. The van der Waals surface area contributed by atoms with Gasteiger partial charge in [-0.05, 0) is 92.1 Å². The van der Waals surface area contributed by atoms with Crippen molar-refractivity contribution >= 4 is 32.7 Å². The van der Waals surface area contributed by atoms with Crippen molar-refractivity contribution in [2.24, 2.45) is 0 Å². The molecule has 0 N–H and O–H groups in total. The summed E-state index contributed by atoms with van der Waals surface area (Å²) in [5.41, 5.74) is 14.7. The second-order valence-corrected chi connectivity index (χ2v) is 14.3. The van der Waals surface area contributed by atoms with E-state index in [4.69, 9.17) is 0 Å². The Morgan fingerprint density at radius 2 is 1.21 bits per heavy atom. The predicted octanol–water partition coefficient (Wildman–Crippen LogP) is 10.8. The Labute approximate surface area is 249 Å². The maximum atomic E-state index is 2.52. The molecule has 42 heavy (non-hydrogen) atoms. The molecule has 1 nitrogen and oxygen atoms in total. The molecule has 9 rings (SSSR count). The number of thiol groups is 1. The van der Waals surface area contributed by atoms with Gasteiger partial charge < -0.3 is 4.57 Å². The summed E-state index contributed by atoms with van der Waals surface area (Å²) in [5.74, 6) is 0. The average Bonchev–Trinajstić information content (AvgIpc) is 3.60. The number of fused-ring (bicyclic) bond motifs is 9. The van der Waals surface area contributed by atoms with Crippen molar-refractivity contribution in [3.8, 4) is 39.1 Å².